The third-order valence-electron chi connectivity index (χ3n) is 9.30. The van der Waals surface area contributed by atoms with E-state index in [-0.39, 0.29) is 79.4 Å². The molecule has 262 valence electrons. The predicted molar refractivity (Wildman–Crippen MR) is 231 cm³/mol. The van der Waals surface area contributed by atoms with E-state index >= 15 is 0 Å². The summed E-state index contributed by atoms with van der Waals surface area (Å²) >= 11 is 0. The molecule has 0 fully saturated rings. The Kier molecular flexibility index (Phi) is 3.90. The molecule has 0 amide bonds. The maximum absolute atomic E-state index is 10.2. The number of rotatable bonds is 6. The highest BCUT2D eigenvalue weighted by Gasteiger charge is 2.25. The second-order valence-corrected chi connectivity index (χ2v) is 12.8. The first-order valence-corrected chi connectivity index (χ1v) is 16.8. The fourth-order valence-corrected chi connectivity index (χ4v) is 6.67. The summed E-state index contributed by atoms with van der Waals surface area (Å²) in [6.45, 7) is 9.17. The monoisotopic (exact) mass is 722 g/mol. The van der Waals surface area contributed by atoms with Crippen molar-refractivity contribution in [1.82, 2.24) is 0 Å². The van der Waals surface area contributed by atoms with Gasteiger partial charge in [0, 0.05) is 33.1 Å². The molecule has 9 aromatic rings. The van der Waals surface area contributed by atoms with Crippen molar-refractivity contribution in [2.24, 2.45) is 0 Å². The third-order valence-corrected chi connectivity index (χ3v) is 9.30. The Balaban J connectivity index is 1.56. The summed E-state index contributed by atoms with van der Waals surface area (Å²) < 4.78 is 234. The number of hydrogen-bond donors (Lipinski definition) is 0. The fourth-order valence-electron chi connectivity index (χ4n) is 6.67. The summed E-state index contributed by atoms with van der Waals surface area (Å²) in [6, 6.07) is -19.0. The third kappa shape index (κ3) is 5.58. The number of furan rings is 1. The highest BCUT2D eigenvalue weighted by molar-refractivity contribution is 6.20. The van der Waals surface area contributed by atoms with Crippen molar-refractivity contribution in [2.45, 2.75) is 41.5 Å². The van der Waals surface area contributed by atoms with Gasteiger partial charge in [-0.3, -0.25) is 0 Å². The van der Waals surface area contributed by atoms with E-state index in [2.05, 4.69) is 0 Å². The summed E-state index contributed by atoms with van der Waals surface area (Å²) in [5, 5.41) is -1.62. The lowest BCUT2D eigenvalue weighted by Gasteiger charge is -2.31. The topological polar surface area (TPSA) is 16.4 Å². The molecule has 2 heteroatoms. The van der Waals surface area contributed by atoms with E-state index in [1.54, 1.807) is 13.8 Å². The smallest absolute Gasteiger partial charge is 0.143 e. The van der Waals surface area contributed by atoms with Crippen molar-refractivity contribution in [3.8, 4) is 33.4 Å². The van der Waals surface area contributed by atoms with Crippen LogP contribution in [0.3, 0.4) is 0 Å². The van der Waals surface area contributed by atoms with E-state index in [4.69, 9.17) is 26.3 Å². The van der Waals surface area contributed by atoms with Crippen molar-refractivity contribution in [2.75, 3.05) is 4.90 Å². The van der Waals surface area contributed by atoms with Crippen molar-refractivity contribution >= 4 is 49.8 Å². The minimum absolute atomic E-state index is 0.0290. The molecule has 1 heterocycles. The Labute approximate surface area is 353 Å². The van der Waals surface area contributed by atoms with Crippen molar-refractivity contribution in [1.29, 1.82) is 0 Å². The van der Waals surface area contributed by atoms with Gasteiger partial charge >= 0.3 is 0 Å². The highest BCUT2D eigenvalue weighted by Crippen LogP contribution is 2.48. The molecule has 0 spiro atoms. The van der Waals surface area contributed by atoms with Crippen LogP contribution in [0.25, 0.3) is 66.1 Å². The van der Waals surface area contributed by atoms with Crippen LogP contribution in [0, 0.1) is 41.5 Å². The molecule has 1 aromatic heterocycles. The Morgan fingerprint density at radius 3 is 1.70 bits per heavy atom. The van der Waals surface area contributed by atoms with Crippen molar-refractivity contribution < 1.29 is 38.7 Å². The van der Waals surface area contributed by atoms with Crippen LogP contribution in [0.2, 0.25) is 0 Å². The van der Waals surface area contributed by atoms with Gasteiger partial charge in [0.25, 0.3) is 0 Å². The molecule has 2 nitrogen and oxygen atoms in total. The molecule has 0 aliphatic carbocycles. The molecule has 0 aliphatic heterocycles. The molecule has 0 aliphatic rings. The van der Waals surface area contributed by atoms with E-state index in [1.165, 1.54) is 32.6 Å². The quantitative estimate of drug-likeness (QED) is 0.170. The Morgan fingerprint density at radius 2 is 1.02 bits per heavy atom. The van der Waals surface area contributed by atoms with Crippen LogP contribution in [0.15, 0.2) is 155 Å². The molecular weight excluding hydrogens is 655 g/mol. The van der Waals surface area contributed by atoms with Crippen LogP contribution in [0.5, 0.6) is 0 Å². The molecule has 9 rings (SSSR count). The summed E-state index contributed by atoms with van der Waals surface area (Å²) in [4.78, 5) is 1.37. The highest BCUT2D eigenvalue weighted by atomic mass is 16.3. The number of benzene rings is 8. The zero-order valence-electron chi connectivity index (χ0n) is 54.9. The lowest BCUT2D eigenvalue weighted by Crippen LogP contribution is -2.16. The summed E-state index contributed by atoms with van der Waals surface area (Å²) in [5.41, 5.74) is -4.51. The normalized spacial score (nSPS) is 18.0. The van der Waals surface area contributed by atoms with Crippen molar-refractivity contribution in [3.05, 3.63) is 184 Å². The van der Waals surface area contributed by atoms with Gasteiger partial charge in [-0.1, -0.05) is 114 Å². The molecule has 0 atom stereocenters. The van der Waals surface area contributed by atoms with E-state index in [0.29, 0.717) is 5.56 Å². The Morgan fingerprint density at radius 1 is 0.407 bits per heavy atom. The van der Waals surface area contributed by atoms with Gasteiger partial charge < -0.3 is 9.32 Å². The average molecular weight is 723 g/mol. The maximum Gasteiger partial charge on any atom is 0.143 e. The molecule has 0 unspecified atom stereocenters. The Bertz CT molecular complexity index is 4050. The lowest BCUT2D eigenvalue weighted by atomic mass is 9.90. The van der Waals surface area contributed by atoms with E-state index in [1.807, 2.05) is 0 Å². The van der Waals surface area contributed by atoms with Crippen LogP contribution in [0.1, 0.15) is 67.6 Å². The molecule has 0 N–H and O–H groups in total. The molecule has 0 bridgehead atoms. The van der Waals surface area contributed by atoms with Crippen LogP contribution in [-0.2, 0) is 0 Å². The summed E-state index contributed by atoms with van der Waals surface area (Å²) in [5.74, 6) is 0. The minimum Gasteiger partial charge on any atom is -0.455 e. The Hall–Kier alpha value is -6.38. The van der Waals surface area contributed by atoms with Crippen LogP contribution in [0.4, 0.5) is 17.1 Å². The predicted octanol–water partition coefficient (Wildman–Crippen LogP) is 15.1. The van der Waals surface area contributed by atoms with Crippen LogP contribution >= 0.6 is 0 Å². The number of aryl methyl sites for hydroxylation is 1. The number of nitrogens with zero attached hydrogens (tertiary/aromatic N) is 1. The van der Waals surface area contributed by atoms with E-state index in [0.717, 1.165) is 0 Å². The number of hydrogen-bond acceptors (Lipinski definition) is 2. The maximum atomic E-state index is 10.2. The van der Waals surface area contributed by atoms with Crippen LogP contribution < -0.4 is 4.90 Å². The van der Waals surface area contributed by atoms with Gasteiger partial charge in [0.2, 0.25) is 0 Å². The lowest BCUT2D eigenvalue weighted by molar-refractivity contribution is 0.669. The fraction of sp³-hybridized carbons (Fsp3) is 0.115. The molecular formula is C52H43NO. The first-order valence-electron chi connectivity index (χ1n) is 29.3. The molecule has 54 heavy (non-hydrogen) atoms. The number of anilines is 3. The second kappa shape index (κ2) is 13.2. The SMILES string of the molecule is [2H]c1c([2H])c([2H])c(-c2c([2H])c(-c3c([2H])c([2H])c([2H])c([2H])c3[2H])c([2H])c(-c3c([2H])c4c(oc5c(C)c(N(c6c([2H])c([2H])c(C)c([2H])c6C)c6c([2H])c([2H])c([2H])c(C)c6C)c(C)c([2H])c54)c4c([2H])c([2H])c([2H])c([2H])c34)c2[2H])c([2H])c1[2H]. The minimum atomic E-state index is -1.01. The van der Waals surface area contributed by atoms with Crippen LogP contribution in [-0.4, -0.2) is 0 Å². The molecule has 0 saturated carbocycles. The standard InChI is InChI=1S/C52H43NO/c1-32-24-25-48(34(3)26-32)53(49-23-15-16-33(2)36(49)5)50-35(4)27-46-47-31-45(43-21-13-14-22-44(43)52(47)54-51(46)37(50)6)42-29-40(38-17-9-7-10-18-38)28-41(30-42)39-19-11-8-12-20-39/h7-31H,1-6H3/i7D,8D,9D,10D,11D,12D,13D,14D,15D,16D,17D,18D,19D,20D,21D,22D,23D,24D,25D,26D,27D,28D,29D,30D,31D. The van der Waals surface area contributed by atoms with Gasteiger partial charge in [-0.15, -0.1) is 0 Å². The van der Waals surface area contributed by atoms with E-state index in [9.17, 15) is 12.3 Å². The largest absolute Gasteiger partial charge is 0.455 e. The number of fused-ring (bicyclic) bond motifs is 5. The average Bonchev–Trinajstić information content (AvgIpc) is 4.12. The van der Waals surface area contributed by atoms with Gasteiger partial charge in [0.1, 0.15) is 11.2 Å². The second-order valence-electron chi connectivity index (χ2n) is 12.8. The van der Waals surface area contributed by atoms with Gasteiger partial charge in [0.05, 0.1) is 40.0 Å². The van der Waals surface area contributed by atoms with Crippen molar-refractivity contribution in [3.63, 3.8) is 0 Å². The summed E-state index contributed by atoms with van der Waals surface area (Å²) in [6.07, 6.45) is 0. The molecule has 8 aromatic carbocycles. The zero-order chi connectivity index (χ0) is 58.8. The zero-order valence-corrected chi connectivity index (χ0v) is 29.9. The van der Waals surface area contributed by atoms with Gasteiger partial charge in [-0.2, -0.15) is 0 Å². The molecule has 0 radical (unpaired) electrons. The van der Waals surface area contributed by atoms with Gasteiger partial charge in [-0.05, 0) is 145 Å². The van der Waals surface area contributed by atoms with Gasteiger partial charge in [-0.25, -0.2) is 0 Å². The molecule has 0 saturated heterocycles. The summed E-state index contributed by atoms with van der Waals surface area (Å²) in [7, 11) is 0. The van der Waals surface area contributed by atoms with E-state index < -0.39 is 183 Å². The first-order chi connectivity index (χ1) is 36.7. The van der Waals surface area contributed by atoms with Gasteiger partial charge in [0.15, 0.2) is 0 Å². The first kappa shape index (κ1) is 15.9.